The highest BCUT2D eigenvalue weighted by Crippen LogP contribution is 2.59. The van der Waals surface area contributed by atoms with Crippen LogP contribution >= 0.6 is 11.3 Å². The third kappa shape index (κ3) is 5.97. The summed E-state index contributed by atoms with van der Waals surface area (Å²) in [5.74, 6) is 0. The Balaban J connectivity index is 0.912. The molecule has 0 saturated heterocycles. The van der Waals surface area contributed by atoms with Gasteiger partial charge in [0.05, 0.1) is 12.5 Å². The summed E-state index contributed by atoms with van der Waals surface area (Å²) in [6.07, 6.45) is 0. The van der Waals surface area contributed by atoms with Crippen LogP contribution in [0.3, 0.4) is 0 Å². The molecule has 0 N–H and O–H groups in total. The molecule has 1 unspecified atom stereocenters. The average molecular weight is 889 g/mol. The van der Waals surface area contributed by atoms with Gasteiger partial charge in [-0.3, -0.25) is 4.48 Å². The van der Waals surface area contributed by atoms with Gasteiger partial charge in [0.2, 0.25) is 0 Å². The highest BCUT2D eigenvalue weighted by molar-refractivity contribution is 7.27. The van der Waals surface area contributed by atoms with E-state index in [4.69, 9.17) is 0 Å². The molecule has 0 saturated carbocycles. The first-order valence-corrected chi connectivity index (χ1v) is 24.7. The van der Waals surface area contributed by atoms with E-state index < -0.39 is 5.41 Å². The van der Waals surface area contributed by atoms with E-state index in [0.717, 1.165) is 6.54 Å². The van der Waals surface area contributed by atoms with Gasteiger partial charge in [-0.15, -0.1) is 11.3 Å². The first kappa shape index (κ1) is 40.6. The first-order chi connectivity index (χ1) is 33.3. The zero-order valence-electron chi connectivity index (χ0n) is 38.6. The van der Waals surface area contributed by atoms with Crippen LogP contribution in [0, 0.1) is 0 Å². The summed E-state index contributed by atoms with van der Waals surface area (Å²) in [5, 5.41) is 2.63. The van der Waals surface area contributed by atoms with Crippen LogP contribution in [0.4, 0.5) is 11.4 Å². The molecule has 13 rings (SSSR count). The minimum atomic E-state index is -0.421. The fraction of sp³-hybridized carbons (Fsp3) is 0.0909. The van der Waals surface area contributed by atoms with Gasteiger partial charge in [0.15, 0.2) is 0 Å². The number of hydrogen-bond donors (Lipinski definition) is 0. The predicted octanol–water partition coefficient (Wildman–Crippen LogP) is 17.5. The number of rotatable bonds is 8. The van der Waals surface area contributed by atoms with E-state index >= 15 is 0 Å². The van der Waals surface area contributed by atoms with Gasteiger partial charge in [-0.25, -0.2) is 0 Å². The molecule has 10 aromatic carbocycles. The lowest BCUT2D eigenvalue weighted by molar-refractivity contribution is 0.450. The first-order valence-electron chi connectivity index (χ1n) is 23.9. The molecule has 2 aliphatic carbocycles. The monoisotopic (exact) mass is 888 g/mol. The van der Waals surface area contributed by atoms with E-state index in [2.05, 4.69) is 257 Å². The number of thiophene rings is 1. The molecule has 0 aliphatic heterocycles. The molecule has 0 spiro atoms. The summed E-state index contributed by atoms with van der Waals surface area (Å²) in [5.41, 5.74) is 21.8. The Hall–Kier alpha value is -7.62. The van der Waals surface area contributed by atoms with Gasteiger partial charge in [-0.05, 0) is 90.5 Å². The third-order valence-corrected chi connectivity index (χ3v) is 16.8. The van der Waals surface area contributed by atoms with Crippen LogP contribution in [0.2, 0.25) is 0 Å². The van der Waals surface area contributed by atoms with E-state index in [1.54, 1.807) is 0 Å². The predicted molar refractivity (Wildman–Crippen MR) is 289 cm³/mol. The van der Waals surface area contributed by atoms with E-state index in [-0.39, 0.29) is 5.41 Å². The number of benzene rings is 10. The zero-order valence-corrected chi connectivity index (χ0v) is 39.4. The van der Waals surface area contributed by atoms with Crippen LogP contribution in [0.1, 0.15) is 52.8 Å². The van der Waals surface area contributed by atoms with Crippen molar-refractivity contribution in [2.45, 2.75) is 31.2 Å². The van der Waals surface area contributed by atoms with Gasteiger partial charge in [0.25, 0.3) is 0 Å². The van der Waals surface area contributed by atoms with Crippen molar-refractivity contribution in [3.63, 3.8) is 0 Å². The molecule has 2 heteroatoms. The second-order valence-corrected chi connectivity index (χ2v) is 20.6. The maximum atomic E-state index is 2.50. The molecule has 1 nitrogen and oxygen atoms in total. The Morgan fingerprint density at radius 2 is 0.926 bits per heavy atom. The van der Waals surface area contributed by atoms with Gasteiger partial charge in [-0.2, -0.15) is 0 Å². The quantitative estimate of drug-likeness (QED) is 0.133. The number of quaternary nitrogens is 1. The van der Waals surface area contributed by atoms with Gasteiger partial charge in [-0.1, -0.05) is 208 Å². The minimum absolute atomic E-state index is 0.0877. The van der Waals surface area contributed by atoms with Gasteiger partial charge >= 0.3 is 0 Å². The van der Waals surface area contributed by atoms with E-state index in [9.17, 15) is 0 Å². The molecule has 0 bridgehead atoms. The van der Waals surface area contributed by atoms with Crippen molar-refractivity contribution >= 4 is 42.9 Å². The van der Waals surface area contributed by atoms with Gasteiger partial charge < -0.3 is 0 Å². The van der Waals surface area contributed by atoms with Crippen LogP contribution in [-0.4, -0.2) is 7.05 Å². The molecule has 2 aliphatic rings. The van der Waals surface area contributed by atoms with Crippen molar-refractivity contribution in [1.29, 1.82) is 0 Å². The van der Waals surface area contributed by atoms with Crippen molar-refractivity contribution in [2.24, 2.45) is 0 Å². The fourth-order valence-corrected chi connectivity index (χ4v) is 13.5. The molecule has 0 radical (unpaired) electrons. The normalized spacial score (nSPS) is 14.8. The minimum Gasteiger partial charge on any atom is -0.257 e. The lowest BCUT2D eigenvalue weighted by Gasteiger charge is -2.35. The van der Waals surface area contributed by atoms with E-state index in [1.165, 1.54) is 115 Å². The molecule has 0 fully saturated rings. The van der Waals surface area contributed by atoms with Gasteiger partial charge in [0.1, 0.15) is 17.9 Å². The van der Waals surface area contributed by atoms with Crippen LogP contribution < -0.4 is 4.48 Å². The molecular formula is C66H50NS+. The zero-order chi connectivity index (χ0) is 45.6. The van der Waals surface area contributed by atoms with E-state index in [1.807, 2.05) is 11.3 Å². The van der Waals surface area contributed by atoms with Crippen LogP contribution in [-0.2, 0) is 17.4 Å². The topological polar surface area (TPSA) is 0 Å². The van der Waals surface area contributed by atoms with Crippen molar-refractivity contribution in [3.05, 3.63) is 276 Å². The molecule has 1 heterocycles. The molecule has 1 aromatic heterocycles. The Morgan fingerprint density at radius 3 is 1.63 bits per heavy atom. The highest BCUT2D eigenvalue weighted by atomic mass is 32.1. The maximum Gasteiger partial charge on any atom is 0.138 e. The number of fused-ring (bicyclic) bond motifs is 10. The second kappa shape index (κ2) is 15.5. The Bertz CT molecular complexity index is 3680. The van der Waals surface area contributed by atoms with Crippen molar-refractivity contribution < 1.29 is 0 Å². The largest absolute Gasteiger partial charge is 0.257 e. The lowest BCUT2D eigenvalue weighted by atomic mass is 9.68. The summed E-state index contributed by atoms with van der Waals surface area (Å²) >= 11 is 1.95. The Labute approximate surface area is 403 Å². The van der Waals surface area contributed by atoms with Crippen molar-refractivity contribution in [3.8, 4) is 44.5 Å². The molecule has 68 heavy (non-hydrogen) atoms. The summed E-state index contributed by atoms with van der Waals surface area (Å²) in [7, 11) is 2.39. The maximum absolute atomic E-state index is 2.50. The second-order valence-electron chi connectivity index (χ2n) is 19.5. The average Bonchev–Trinajstić information content (AvgIpc) is 4.01. The van der Waals surface area contributed by atoms with Crippen LogP contribution in [0.25, 0.3) is 64.7 Å². The number of nitrogens with zero attached hydrogens (tertiary/aromatic N) is 1. The third-order valence-electron chi connectivity index (χ3n) is 15.5. The molecule has 0 amide bonds. The van der Waals surface area contributed by atoms with Crippen LogP contribution in [0.5, 0.6) is 0 Å². The number of hydrogen-bond acceptors (Lipinski definition) is 1. The van der Waals surface area contributed by atoms with E-state index in [0.29, 0.717) is 4.48 Å². The Morgan fingerprint density at radius 1 is 0.382 bits per heavy atom. The molecular weight excluding hydrogens is 839 g/mol. The fourth-order valence-electron chi connectivity index (χ4n) is 12.1. The summed E-state index contributed by atoms with van der Waals surface area (Å²) < 4.78 is 3.33. The molecule has 11 aromatic rings. The lowest BCUT2D eigenvalue weighted by Crippen LogP contribution is -2.39. The van der Waals surface area contributed by atoms with Crippen molar-refractivity contribution in [1.82, 2.24) is 4.48 Å². The molecule has 324 valence electrons. The summed E-state index contributed by atoms with van der Waals surface area (Å²) in [4.78, 5) is 0. The summed E-state index contributed by atoms with van der Waals surface area (Å²) in [6, 6.07) is 88.7. The van der Waals surface area contributed by atoms with Gasteiger partial charge in [0, 0.05) is 61.0 Å². The SMILES string of the molecule is CC1(C)c2ccccc2-c2ccc([N+](C)(Cc3ccc(-c4cccc5c4sc4c6c(ccc45)C(c4ccccc4)(c4ccccc4)c4ccccc4-6)cc3)c3ccc(-c4ccccc4)cc3)cc21. The molecule has 1 atom stereocenters. The smallest absolute Gasteiger partial charge is 0.138 e. The van der Waals surface area contributed by atoms with Crippen molar-refractivity contribution in [2.75, 3.05) is 7.05 Å². The standard InChI is InChI=1S/C66H50NS/c1-65(2)58-28-15-13-24-53(58)54-39-38-51(42-61(54)65)67(3,50-36-34-46(35-37-50)45-18-7-4-8-19-45)43-44-30-32-47(33-31-44)52-26-17-27-55-56-40-41-60-62(64(56)68-63(52)55)57-25-14-16-29-59(57)66(60,48-20-9-5-10-21-48)49-22-11-6-12-23-49/h4-42H,43H2,1-3H3/q+1. The highest BCUT2D eigenvalue weighted by Gasteiger charge is 2.47. The van der Waals surface area contributed by atoms with Crippen LogP contribution in [0.15, 0.2) is 237 Å². The summed E-state index contributed by atoms with van der Waals surface area (Å²) in [6.45, 7) is 5.57. The Kier molecular flexibility index (Phi) is 9.24.